The fourth-order valence-corrected chi connectivity index (χ4v) is 6.01. The van der Waals surface area contributed by atoms with Crippen LogP contribution in [-0.4, -0.2) is 98.6 Å². The number of piperazine rings is 1. The SMILES string of the molecule is Cc1cccc(-c2nc(N3CCOCC3)nc3c(CN4CCN(S(C)(=O)=O)CC4)cccc23)c1/C=N\C(C)C. The lowest BCUT2D eigenvalue weighted by molar-refractivity contribution is 0.122. The zero-order chi connectivity index (χ0) is 27.6. The van der Waals surface area contributed by atoms with Gasteiger partial charge in [0.05, 0.1) is 30.7 Å². The summed E-state index contributed by atoms with van der Waals surface area (Å²) in [5.41, 5.74) is 6.21. The van der Waals surface area contributed by atoms with Gasteiger partial charge >= 0.3 is 0 Å². The highest BCUT2D eigenvalue weighted by molar-refractivity contribution is 7.88. The van der Waals surface area contributed by atoms with E-state index in [0.29, 0.717) is 51.9 Å². The minimum Gasteiger partial charge on any atom is -0.378 e. The average Bonchev–Trinajstić information content (AvgIpc) is 2.92. The molecule has 2 fully saturated rings. The van der Waals surface area contributed by atoms with Crippen molar-refractivity contribution in [2.45, 2.75) is 33.4 Å². The summed E-state index contributed by atoms with van der Waals surface area (Å²) in [7, 11) is -3.17. The van der Waals surface area contributed by atoms with Crippen molar-refractivity contribution in [3.05, 3.63) is 53.1 Å². The van der Waals surface area contributed by atoms with Crippen molar-refractivity contribution in [3.8, 4) is 11.3 Å². The summed E-state index contributed by atoms with van der Waals surface area (Å²) >= 11 is 0. The number of hydrogen-bond donors (Lipinski definition) is 0. The zero-order valence-electron chi connectivity index (χ0n) is 23.3. The topological polar surface area (TPSA) is 91.2 Å². The largest absolute Gasteiger partial charge is 0.378 e. The zero-order valence-corrected chi connectivity index (χ0v) is 24.1. The Morgan fingerprint density at radius 3 is 2.41 bits per heavy atom. The standard InChI is InChI=1S/C29H38N6O3S/c1-21(2)30-19-26-22(3)7-5-9-24(26)28-25-10-6-8-23(20-33-11-13-35(14-12-33)39(4,36)37)27(25)31-29(32-28)34-15-17-38-18-16-34/h5-10,19,21H,11-18,20H2,1-4H3/b30-19-. The Labute approximate surface area is 231 Å². The van der Waals surface area contributed by atoms with E-state index in [4.69, 9.17) is 19.7 Å². The molecule has 0 atom stereocenters. The average molecular weight is 551 g/mol. The van der Waals surface area contributed by atoms with E-state index < -0.39 is 10.0 Å². The number of benzene rings is 2. The maximum absolute atomic E-state index is 12.0. The highest BCUT2D eigenvalue weighted by atomic mass is 32.2. The predicted molar refractivity (Wildman–Crippen MR) is 157 cm³/mol. The summed E-state index contributed by atoms with van der Waals surface area (Å²) in [6.45, 7) is 12.1. The molecule has 39 heavy (non-hydrogen) atoms. The van der Waals surface area contributed by atoms with Gasteiger partial charge in [0.2, 0.25) is 16.0 Å². The molecule has 9 nitrogen and oxygen atoms in total. The van der Waals surface area contributed by atoms with Crippen molar-refractivity contribution in [1.29, 1.82) is 0 Å². The van der Waals surface area contributed by atoms with Gasteiger partial charge in [0.25, 0.3) is 0 Å². The van der Waals surface area contributed by atoms with E-state index >= 15 is 0 Å². The lowest BCUT2D eigenvalue weighted by Gasteiger charge is -2.33. The van der Waals surface area contributed by atoms with Gasteiger partial charge in [0.1, 0.15) is 0 Å². The number of ether oxygens (including phenoxy) is 1. The maximum atomic E-state index is 12.0. The molecular weight excluding hydrogens is 512 g/mol. The first kappa shape index (κ1) is 27.6. The van der Waals surface area contributed by atoms with Gasteiger partial charge < -0.3 is 9.64 Å². The van der Waals surface area contributed by atoms with Gasteiger partial charge in [-0.15, -0.1) is 0 Å². The molecule has 3 heterocycles. The van der Waals surface area contributed by atoms with Crippen LogP contribution in [0.25, 0.3) is 22.2 Å². The van der Waals surface area contributed by atoms with Gasteiger partial charge in [-0.05, 0) is 31.9 Å². The van der Waals surface area contributed by atoms with E-state index in [-0.39, 0.29) is 6.04 Å². The van der Waals surface area contributed by atoms with Crippen molar-refractivity contribution in [3.63, 3.8) is 0 Å². The van der Waals surface area contributed by atoms with Gasteiger partial charge in [-0.1, -0.05) is 36.4 Å². The quantitative estimate of drug-likeness (QED) is 0.417. The number of nitrogens with zero attached hydrogens (tertiary/aromatic N) is 6. The predicted octanol–water partition coefficient (Wildman–Crippen LogP) is 3.35. The molecule has 2 aromatic carbocycles. The normalized spacial score (nSPS) is 18.0. The second-order valence-electron chi connectivity index (χ2n) is 10.6. The molecule has 0 bridgehead atoms. The molecule has 208 valence electrons. The molecule has 0 spiro atoms. The third-order valence-corrected chi connectivity index (χ3v) is 8.67. The number of rotatable bonds is 7. The van der Waals surface area contributed by atoms with Gasteiger partial charge in [0, 0.05) is 74.6 Å². The third-order valence-electron chi connectivity index (χ3n) is 7.37. The molecule has 2 saturated heterocycles. The van der Waals surface area contributed by atoms with Crippen LogP contribution in [0.1, 0.15) is 30.5 Å². The van der Waals surface area contributed by atoms with Crippen LogP contribution in [0.15, 0.2) is 41.4 Å². The Hall–Kier alpha value is -2.92. The van der Waals surface area contributed by atoms with E-state index in [1.54, 1.807) is 4.31 Å². The Morgan fingerprint density at radius 2 is 1.72 bits per heavy atom. The van der Waals surface area contributed by atoms with Gasteiger partial charge in [-0.2, -0.15) is 4.31 Å². The van der Waals surface area contributed by atoms with Crippen LogP contribution < -0.4 is 4.90 Å². The molecule has 5 rings (SSSR count). The fraction of sp³-hybridized carbons (Fsp3) is 0.483. The number of aromatic nitrogens is 2. The second-order valence-corrected chi connectivity index (χ2v) is 12.6. The van der Waals surface area contributed by atoms with Crippen LogP contribution >= 0.6 is 0 Å². The molecule has 0 unspecified atom stereocenters. The van der Waals surface area contributed by atoms with Crippen molar-refractivity contribution >= 4 is 33.1 Å². The molecule has 10 heteroatoms. The molecule has 0 aliphatic carbocycles. The van der Waals surface area contributed by atoms with Crippen molar-refractivity contribution in [1.82, 2.24) is 19.2 Å². The van der Waals surface area contributed by atoms with Crippen LogP contribution in [0.3, 0.4) is 0 Å². The van der Waals surface area contributed by atoms with Crippen LogP contribution in [0, 0.1) is 6.92 Å². The molecule has 0 amide bonds. The van der Waals surface area contributed by atoms with Gasteiger partial charge in [0.15, 0.2) is 0 Å². The summed E-state index contributed by atoms with van der Waals surface area (Å²) in [5.74, 6) is 0.711. The van der Waals surface area contributed by atoms with Crippen LogP contribution in [0.4, 0.5) is 5.95 Å². The number of morpholine rings is 1. The number of anilines is 1. The van der Waals surface area contributed by atoms with E-state index in [0.717, 1.165) is 51.9 Å². The van der Waals surface area contributed by atoms with E-state index in [1.807, 2.05) is 6.21 Å². The number of hydrogen-bond acceptors (Lipinski definition) is 8. The van der Waals surface area contributed by atoms with Crippen molar-refractivity contribution in [2.24, 2.45) is 4.99 Å². The first-order chi connectivity index (χ1) is 18.7. The number of sulfonamides is 1. The number of aliphatic imine (C=N–C) groups is 1. The van der Waals surface area contributed by atoms with Crippen LogP contribution in [-0.2, 0) is 21.3 Å². The summed E-state index contributed by atoms with van der Waals surface area (Å²) in [6.07, 6.45) is 3.26. The summed E-state index contributed by atoms with van der Waals surface area (Å²) in [4.78, 5) is 19.5. The lowest BCUT2D eigenvalue weighted by atomic mass is 9.96. The molecule has 0 N–H and O–H groups in total. The number of aryl methyl sites for hydroxylation is 1. The highest BCUT2D eigenvalue weighted by Crippen LogP contribution is 2.33. The second kappa shape index (κ2) is 11.7. The summed E-state index contributed by atoms with van der Waals surface area (Å²) in [5, 5.41) is 1.00. The first-order valence-corrected chi connectivity index (χ1v) is 15.5. The van der Waals surface area contributed by atoms with Gasteiger partial charge in [-0.3, -0.25) is 9.89 Å². The minimum atomic E-state index is -3.17. The Kier molecular flexibility index (Phi) is 8.27. The monoisotopic (exact) mass is 550 g/mol. The lowest BCUT2D eigenvalue weighted by Crippen LogP contribution is -2.47. The Bertz CT molecular complexity index is 1460. The van der Waals surface area contributed by atoms with Crippen LogP contribution in [0.2, 0.25) is 0 Å². The Morgan fingerprint density at radius 1 is 1.00 bits per heavy atom. The molecule has 0 radical (unpaired) electrons. The Balaban J connectivity index is 1.60. The molecule has 2 aliphatic rings. The number of fused-ring (bicyclic) bond motifs is 1. The molecule has 0 saturated carbocycles. The number of para-hydroxylation sites is 1. The van der Waals surface area contributed by atoms with Crippen molar-refractivity contribution < 1.29 is 13.2 Å². The first-order valence-electron chi connectivity index (χ1n) is 13.6. The molecule has 2 aliphatic heterocycles. The van der Waals surface area contributed by atoms with E-state index in [9.17, 15) is 8.42 Å². The van der Waals surface area contributed by atoms with Crippen LogP contribution in [0.5, 0.6) is 0 Å². The molecule has 3 aromatic rings. The maximum Gasteiger partial charge on any atom is 0.226 e. The third kappa shape index (κ3) is 6.30. The smallest absolute Gasteiger partial charge is 0.226 e. The van der Waals surface area contributed by atoms with E-state index in [1.165, 1.54) is 6.26 Å². The molecular formula is C29H38N6O3S. The van der Waals surface area contributed by atoms with E-state index in [2.05, 4.69) is 67.0 Å². The highest BCUT2D eigenvalue weighted by Gasteiger charge is 2.25. The minimum absolute atomic E-state index is 0.193. The summed E-state index contributed by atoms with van der Waals surface area (Å²) < 4.78 is 31.1. The summed E-state index contributed by atoms with van der Waals surface area (Å²) in [6, 6.07) is 12.8. The van der Waals surface area contributed by atoms with Crippen molar-refractivity contribution in [2.75, 3.05) is 63.6 Å². The fourth-order valence-electron chi connectivity index (χ4n) is 5.18. The molecule has 1 aromatic heterocycles. The van der Waals surface area contributed by atoms with Gasteiger partial charge in [-0.25, -0.2) is 18.4 Å².